The van der Waals surface area contributed by atoms with Crippen LogP contribution < -0.4 is 0 Å². The van der Waals surface area contributed by atoms with E-state index in [1.54, 1.807) is 12.1 Å². The van der Waals surface area contributed by atoms with Crippen molar-refractivity contribution in [3.63, 3.8) is 0 Å². The predicted molar refractivity (Wildman–Crippen MR) is 41.5 cm³/mol. The molecule has 0 N–H and O–H groups in total. The Morgan fingerprint density at radius 2 is 1.10 bits per heavy atom. The topological polar surface area (TPSA) is 47.6 Å². The van der Waals surface area contributed by atoms with Gasteiger partial charge in [0.2, 0.25) is 0 Å². The van der Waals surface area contributed by atoms with Gasteiger partial charge < -0.3 is 0 Å². The molecule has 64 valence electrons. The fraction of sp³-hybridized carbons (Fsp3) is 0.500. The van der Waals surface area contributed by atoms with Crippen LogP contribution in [0, 0.1) is 22.7 Å². The fourth-order valence-corrected chi connectivity index (χ4v) is 0. The van der Waals surface area contributed by atoms with E-state index in [2.05, 4.69) is 0 Å². The molecule has 0 spiro atoms. The Morgan fingerprint density at radius 1 is 1.10 bits per heavy atom. The van der Waals surface area contributed by atoms with Gasteiger partial charge in [-0.1, -0.05) is 0 Å². The number of nitrogens with zero attached hydrogens (tertiary/aromatic N) is 2. The van der Waals surface area contributed by atoms with Gasteiger partial charge in [0.25, 0.3) is 0 Å². The molecule has 10 heavy (non-hydrogen) atoms. The molecular formula is C4H7Cl3N2Pd. The molecule has 0 saturated carbocycles. The van der Waals surface area contributed by atoms with Gasteiger partial charge in [0, 0.05) is 13.8 Å². The quantitative estimate of drug-likeness (QED) is 0.645. The molecule has 0 unspecified atom stereocenters. The zero-order valence-corrected chi connectivity index (χ0v) is 9.26. The van der Waals surface area contributed by atoms with Crippen molar-refractivity contribution >= 4 is 31.5 Å². The van der Waals surface area contributed by atoms with Crippen LogP contribution >= 0.6 is 31.5 Å². The van der Waals surface area contributed by atoms with Crippen molar-refractivity contribution in [3.8, 4) is 12.1 Å². The Bertz CT molecular complexity index is 83.7. The van der Waals surface area contributed by atoms with Gasteiger partial charge in [-0.15, -0.1) is 12.4 Å². The molecule has 6 heteroatoms. The van der Waals surface area contributed by atoms with Crippen LogP contribution in [0.2, 0.25) is 0 Å². The molecule has 0 aromatic heterocycles. The predicted octanol–water partition coefficient (Wildman–Crippen LogP) is 2.86. The molecule has 0 saturated heterocycles. The maximum atomic E-state index is 7.32. The molecule has 0 fully saturated rings. The zero-order chi connectivity index (χ0) is 8.12. The summed E-state index contributed by atoms with van der Waals surface area (Å²) in [5.74, 6) is 0. The molecule has 0 radical (unpaired) electrons. The van der Waals surface area contributed by atoms with E-state index in [1.165, 1.54) is 13.8 Å². The molecule has 0 heterocycles. The molecule has 0 atom stereocenters. The van der Waals surface area contributed by atoms with Crippen LogP contribution in [0.15, 0.2) is 0 Å². The molecule has 0 aliphatic carbocycles. The summed E-state index contributed by atoms with van der Waals surface area (Å²) in [5.41, 5.74) is 0. The third-order valence-electron chi connectivity index (χ3n) is 0. The van der Waals surface area contributed by atoms with Crippen LogP contribution in [0.3, 0.4) is 0 Å². The van der Waals surface area contributed by atoms with Gasteiger partial charge in [-0.3, -0.25) is 0 Å². The minimum atomic E-state index is -0.106. The normalized spacial score (nSPS) is 3.80. The van der Waals surface area contributed by atoms with Crippen LogP contribution in [0.1, 0.15) is 13.8 Å². The Hall–Kier alpha value is 0.512. The van der Waals surface area contributed by atoms with Crippen LogP contribution in [0.5, 0.6) is 0 Å². The van der Waals surface area contributed by atoms with Crippen molar-refractivity contribution in [3.05, 3.63) is 0 Å². The number of hydrogen-bond donors (Lipinski definition) is 0. The molecular weight excluding hydrogens is 289 g/mol. The second-order valence-electron chi connectivity index (χ2n) is 0.492. The Kier molecular flexibility index (Phi) is 125. The number of nitriles is 2. The first-order chi connectivity index (χ1) is 4.24. The first kappa shape index (κ1) is 22.4. The van der Waals surface area contributed by atoms with Crippen LogP contribution in [0.25, 0.3) is 0 Å². The summed E-state index contributed by atoms with van der Waals surface area (Å²) >= 11 is -0.106. The average Bonchev–Trinajstić information content (AvgIpc) is 1.70. The van der Waals surface area contributed by atoms with Crippen molar-refractivity contribution < 1.29 is 15.9 Å². The van der Waals surface area contributed by atoms with E-state index in [4.69, 9.17) is 29.6 Å². The van der Waals surface area contributed by atoms with E-state index < -0.39 is 0 Å². The van der Waals surface area contributed by atoms with Crippen LogP contribution in [-0.4, -0.2) is 0 Å². The van der Waals surface area contributed by atoms with E-state index in [9.17, 15) is 0 Å². The summed E-state index contributed by atoms with van der Waals surface area (Å²) in [6.07, 6.45) is 0. The van der Waals surface area contributed by atoms with Crippen molar-refractivity contribution in [1.29, 1.82) is 10.5 Å². The second kappa shape index (κ2) is 55.9. The molecule has 0 aromatic rings. The van der Waals surface area contributed by atoms with Gasteiger partial charge in [0.05, 0.1) is 12.1 Å². The summed E-state index contributed by atoms with van der Waals surface area (Å²) in [6, 6.07) is 3.50. The second-order valence-corrected chi connectivity index (χ2v) is 2.85. The van der Waals surface area contributed by atoms with Crippen molar-refractivity contribution in [2.24, 2.45) is 0 Å². The third kappa shape index (κ3) is 1830. The van der Waals surface area contributed by atoms with E-state index >= 15 is 0 Å². The van der Waals surface area contributed by atoms with Crippen LogP contribution in [0.4, 0.5) is 0 Å². The molecule has 0 rings (SSSR count). The molecule has 0 amide bonds. The van der Waals surface area contributed by atoms with E-state index in [-0.39, 0.29) is 28.3 Å². The molecule has 0 bridgehead atoms. The average molecular weight is 296 g/mol. The zero-order valence-electron chi connectivity index (χ0n) is 5.37. The van der Waals surface area contributed by atoms with Crippen LogP contribution in [-0.2, 0) is 15.9 Å². The minimum absolute atomic E-state index is 0. The first-order valence-electron chi connectivity index (χ1n) is 1.69. The first-order valence-corrected chi connectivity index (χ1v) is 5.69. The van der Waals surface area contributed by atoms with Gasteiger partial charge in [-0.2, -0.15) is 10.5 Å². The SMILES string of the molecule is CC#N.CC#N.Cl.[Cl][Pd][Cl]. The van der Waals surface area contributed by atoms with E-state index in [0.29, 0.717) is 0 Å². The van der Waals surface area contributed by atoms with Crippen molar-refractivity contribution in [2.75, 3.05) is 0 Å². The Labute approximate surface area is 83.6 Å². The van der Waals surface area contributed by atoms with Crippen molar-refractivity contribution in [1.82, 2.24) is 0 Å². The summed E-state index contributed by atoms with van der Waals surface area (Å²) in [4.78, 5) is 0. The Balaban J connectivity index is -0.0000000257. The number of rotatable bonds is 0. The monoisotopic (exact) mass is 294 g/mol. The van der Waals surface area contributed by atoms with Gasteiger partial charge in [0.15, 0.2) is 0 Å². The van der Waals surface area contributed by atoms with Gasteiger partial charge in [-0.05, 0) is 0 Å². The summed E-state index contributed by atoms with van der Waals surface area (Å²) in [6.45, 7) is 2.86. The number of hydrogen-bond acceptors (Lipinski definition) is 2. The Morgan fingerprint density at radius 3 is 1.10 bits per heavy atom. The molecule has 0 aromatic carbocycles. The van der Waals surface area contributed by atoms with Gasteiger partial charge in [0.1, 0.15) is 0 Å². The van der Waals surface area contributed by atoms with E-state index in [1.807, 2.05) is 0 Å². The standard InChI is InChI=1S/2C2H3N.3ClH.Pd/c2*1-2-3;;;;/h2*1H3;3*1H;/q;;;;;+2/p-2. The van der Waals surface area contributed by atoms with Gasteiger partial charge >= 0.3 is 35.0 Å². The molecule has 0 aliphatic rings. The molecule has 2 nitrogen and oxygen atoms in total. The number of halogens is 3. The van der Waals surface area contributed by atoms with E-state index in [0.717, 1.165) is 0 Å². The summed E-state index contributed by atoms with van der Waals surface area (Å²) < 4.78 is 0. The summed E-state index contributed by atoms with van der Waals surface area (Å²) in [5, 5.41) is 14.6. The summed E-state index contributed by atoms with van der Waals surface area (Å²) in [7, 11) is 9.63. The fourth-order valence-electron chi connectivity index (χ4n) is 0. The maximum absolute atomic E-state index is 7.32. The van der Waals surface area contributed by atoms with Gasteiger partial charge in [-0.25, -0.2) is 0 Å². The molecule has 0 aliphatic heterocycles. The third-order valence-corrected chi connectivity index (χ3v) is 0. The van der Waals surface area contributed by atoms with Crippen molar-refractivity contribution in [2.45, 2.75) is 13.8 Å².